The molecule has 0 saturated carbocycles. The molecule has 0 aliphatic rings. The number of hydrogen-bond acceptors (Lipinski definition) is 5. The average molecular weight is 231 g/mol. The van der Waals surface area contributed by atoms with Gasteiger partial charge < -0.3 is 20.3 Å². The van der Waals surface area contributed by atoms with Crippen molar-refractivity contribution in [2.24, 2.45) is 5.41 Å². The Bertz CT molecular complexity index is 285. The second kappa shape index (κ2) is 6.24. The molecule has 0 unspecified atom stereocenters. The van der Waals surface area contributed by atoms with E-state index < -0.39 is 23.4 Å². The second-order valence-corrected chi connectivity index (χ2v) is 3.91. The maximum absolute atomic E-state index is 11.3. The molecule has 16 heavy (non-hydrogen) atoms. The summed E-state index contributed by atoms with van der Waals surface area (Å²) in [7, 11) is 1.21. The number of nitrogens with one attached hydrogen (secondary N) is 1. The Kier molecular flexibility index (Phi) is 5.69. The van der Waals surface area contributed by atoms with E-state index in [2.05, 4.69) is 10.1 Å². The van der Waals surface area contributed by atoms with Crippen LogP contribution in [-0.4, -0.2) is 41.9 Å². The van der Waals surface area contributed by atoms with E-state index in [1.165, 1.54) is 7.11 Å². The van der Waals surface area contributed by atoms with E-state index in [0.717, 1.165) is 12.3 Å². The van der Waals surface area contributed by atoms with Crippen LogP contribution in [0.15, 0.2) is 12.3 Å². The standard InChI is InChI=1S/C10H17NO5/c1-10(2,6-12)8(14)9(15)11-5-4-7(13)16-3/h4-5,8,12,14H,6H2,1-3H3,(H,11,15)/b5-4+/t8-/m0/s1. The Morgan fingerprint density at radius 1 is 1.50 bits per heavy atom. The predicted molar refractivity (Wildman–Crippen MR) is 56.2 cm³/mol. The Morgan fingerprint density at radius 2 is 2.06 bits per heavy atom. The number of esters is 1. The molecule has 0 heterocycles. The summed E-state index contributed by atoms with van der Waals surface area (Å²) in [6.07, 6.45) is 0.723. The van der Waals surface area contributed by atoms with Gasteiger partial charge in [0.1, 0.15) is 6.10 Å². The number of ether oxygens (including phenoxy) is 1. The van der Waals surface area contributed by atoms with Crippen LogP contribution in [0, 0.1) is 5.41 Å². The highest BCUT2D eigenvalue weighted by molar-refractivity contribution is 5.85. The topological polar surface area (TPSA) is 95.9 Å². The van der Waals surface area contributed by atoms with Crippen LogP contribution in [-0.2, 0) is 14.3 Å². The number of hydrogen-bond donors (Lipinski definition) is 3. The first-order chi connectivity index (χ1) is 7.35. The molecule has 0 saturated heterocycles. The summed E-state index contributed by atoms with van der Waals surface area (Å²) in [5.74, 6) is -1.31. The summed E-state index contributed by atoms with van der Waals surface area (Å²) in [5, 5.41) is 20.7. The minimum atomic E-state index is -1.36. The molecule has 0 aromatic heterocycles. The largest absolute Gasteiger partial charge is 0.466 e. The molecule has 1 atom stereocenters. The molecule has 0 fully saturated rings. The molecule has 0 aromatic rings. The molecule has 1 amide bonds. The van der Waals surface area contributed by atoms with E-state index in [4.69, 9.17) is 5.11 Å². The fourth-order valence-corrected chi connectivity index (χ4v) is 0.780. The molecule has 92 valence electrons. The quantitative estimate of drug-likeness (QED) is 0.424. The highest BCUT2D eigenvalue weighted by Gasteiger charge is 2.32. The lowest BCUT2D eigenvalue weighted by molar-refractivity contribution is -0.136. The van der Waals surface area contributed by atoms with Gasteiger partial charge in [-0.1, -0.05) is 13.8 Å². The molecule has 3 N–H and O–H groups in total. The van der Waals surface area contributed by atoms with Gasteiger partial charge in [0.05, 0.1) is 13.7 Å². The maximum atomic E-state index is 11.3. The summed E-state index contributed by atoms with van der Waals surface area (Å²) in [5.41, 5.74) is -0.941. The number of amides is 1. The van der Waals surface area contributed by atoms with Crippen molar-refractivity contribution in [2.45, 2.75) is 20.0 Å². The smallest absolute Gasteiger partial charge is 0.331 e. The first-order valence-electron chi connectivity index (χ1n) is 4.69. The molecule has 0 spiro atoms. The van der Waals surface area contributed by atoms with Gasteiger partial charge in [-0.25, -0.2) is 4.79 Å². The average Bonchev–Trinajstić information content (AvgIpc) is 2.27. The van der Waals surface area contributed by atoms with Crippen molar-refractivity contribution in [3.63, 3.8) is 0 Å². The third-order valence-corrected chi connectivity index (χ3v) is 2.04. The van der Waals surface area contributed by atoms with Crippen LogP contribution in [0.1, 0.15) is 13.8 Å². The highest BCUT2D eigenvalue weighted by Crippen LogP contribution is 2.19. The molecule has 0 bridgehead atoms. The molecule has 0 radical (unpaired) electrons. The minimum absolute atomic E-state index is 0.331. The van der Waals surface area contributed by atoms with Crippen LogP contribution in [0.25, 0.3) is 0 Å². The van der Waals surface area contributed by atoms with Crippen LogP contribution in [0.2, 0.25) is 0 Å². The molecule has 6 heteroatoms. The van der Waals surface area contributed by atoms with E-state index in [1.54, 1.807) is 13.8 Å². The fourth-order valence-electron chi connectivity index (χ4n) is 0.780. The van der Waals surface area contributed by atoms with Gasteiger partial charge in [0, 0.05) is 17.7 Å². The van der Waals surface area contributed by atoms with E-state index in [-0.39, 0.29) is 6.61 Å². The normalized spacial score (nSPS) is 13.6. The van der Waals surface area contributed by atoms with Crippen molar-refractivity contribution < 1.29 is 24.5 Å². The Hall–Kier alpha value is -1.40. The number of aliphatic hydroxyl groups excluding tert-OH is 2. The van der Waals surface area contributed by atoms with Crippen molar-refractivity contribution in [3.05, 3.63) is 12.3 Å². The highest BCUT2D eigenvalue weighted by atomic mass is 16.5. The van der Waals surface area contributed by atoms with Gasteiger partial charge in [-0.2, -0.15) is 0 Å². The van der Waals surface area contributed by atoms with Crippen molar-refractivity contribution in [3.8, 4) is 0 Å². The van der Waals surface area contributed by atoms with Crippen LogP contribution < -0.4 is 5.32 Å². The van der Waals surface area contributed by atoms with Gasteiger partial charge in [-0.15, -0.1) is 0 Å². The Balaban J connectivity index is 4.27. The van der Waals surface area contributed by atoms with Gasteiger partial charge >= 0.3 is 5.97 Å². The van der Waals surface area contributed by atoms with Crippen molar-refractivity contribution >= 4 is 11.9 Å². The maximum Gasteiger partial charge on any atom is 0.331 e. The molecular weight excluding hydrogens is 214 g/mol. The SMILES string of the molecule is COC(=O)/C=C/NC(=O)[C@H](O)C(C)(C)CO. The summed E-state index contributed by atoms with van der Waals surface area (Å²) in [4.78, 5) is 22.0. The molecule has 0 aliphatic carbocycles. The number of carbonyl (C=O) groups excluding carboxylic acids is 2. The zero-order valence-electron chi connectivity index (χ0n) is 9.56. The van der Waals surface area contributed by atoms with E-state index >= 15 is 0 Å². The number of methoxy groups -OCH3 is 1. The molecule has 6 nitrogen and oxygen atoms in total. The molecule has 0 aliphatic heterocycles. The first kappa shape index (κ1) is 14.6. The summed E-state index contributed by atoms with van der Waals surface area (Å²) in [6, 6.07) is 0. The molecule has 0 rings (SSSR count). The van der Waals surface area contributed by atoms with E-state index in [9.17, 15) is 14.7 Å². The van der Waals surface area contributed by atoms with E-state index in [1.807, 2.05) is 0 Å². The van der Waals surface area contributed by atoms with E-state index in [0.29, 0.717) is 0 Å². The second-order valence-electron chi connectivity index (χ2n) is 3.91. The lowest BCUT2D eigenvalue weighted by Crippen LogP contribution is -2.44. The van der Waals surface area contributed by atoms with Crippen LogP contribution >= 0.6 is 0 Å². The van der Waals surface area contributed by atoms with Crippen molar-refractivity contribution in [1.29, 1.82) is 0 Å². The predicted octanol–water partition coefficient (Wildman–Crippen LogP) is -0.831. The summed E-state index contributed by atoms with van der Waals surface area (Å²) >= 11 is 0. The lowest BCUT2D eigenvalue weighted by Gasteiger charge is -2.26. The van der Waals surface area contributed by atoms with Gasteiger partial charge in [-0.3, -0.25) is 4.79 Å². The Morgan fingerprint density at radius 3 is 2.50 bits per heavy atom. The van der Waals surface area contributed by atoms with Crippen LogP contribution in [0.5, 0.6) is 0 Å². The molecular formula is C10H17NO5. The van der Waals surface area contributed by atoms with Crippen molar-refractivity contribution in [1.82, 2.24) is 5.32 Å². The van der Waals surface area contributed by atoms with Gasteiger partial charge in [0.2, 0.25) is 0 Å². The monoisotopic (exact) mass is 231 g/mol. The Labute approximate surface area is 93.9 Å². The number of rotatable bonds is 5. The number of carbonyl (C=O) groups is 2. The number of aliphatic hydroxyl groups is 2. The summed E-state index contributed by atoms with van der Waals surface area (Å²) in [6.45, 7) is 2.75. The van der Waals surface area contributed by atoms with Crippen LogP contribution in [0.3, 0.4) is 0 Å². The van der Waals surface area contributed by atoms with Gasteiger partial charge in [-0.05, 0) is 0 Å². The zero-order chi connectivity index (χ0) is 12.8. The van der Waals surface area contributed by atoms with Gasteiger partial charge in [0.25, 0.3) is 5.91 Å². The lowest BCUT2D eigenvalue weighted by atomic mass is 9.87. The fraction of sp³-hybridized carbons (Fsp3) is 0.600. The zero-order valence-corrected chi connectivity index (χ0v) is 9.56. The first-order valence-corrected chi connectivity index (χ1v) is 4.69. The van der Waals surface area contributed by atoms with Gasteiger partial charge in [0.15, 0.2) is 0 Å². The summed E-state index contributed by atoms with van der Waals surface area (Å²) < 4.78 is 4.30. The molecule has 0 aromatic carbocycles. The third-order valence-electron chi connectivity index (χ3n) is 2.04. The van der Waals surface area contributed by atoms with Crippen LogP contribution in [0.4, 0.5) is 0 Å². The third kappa shape index (κ3) is 4.41. The minimum Gasteiger partial charge on any atom is -0.466 e. The van der Waals surface area contributed by atoms with Crippen molar-refractivity contribution in [2.75, 3.05) is 13.7 Å².